The van der Waals surface area contributed by atoms with Gasteiger partial charge in [0.15, 0.2) is 5.82 Å². The Morgan fingerprint density at radius 3 is 2.67 bits per heavy atom. The van der Waals surface area contributed by atoms with Gasteiger partial charge in [-0.05, 0) is 73.3 Å². The Hall–Kier alpha value is -2.36. The fraction of sp³-hybridized carbons (Fsp3) is 0.593. The summed E-state index contributed by atoms with van der Waals surface area (Å²) < 4.78 is 18.2. The summed E-state index contributed by atoms with van der Waals surface area (Å²) in [5, 5.41) is 3.58. The Morgan fingerprint density at radius 2 is 1.92 bits per heavy atom. The molecule has 0 spiro atoms. The molecule has 1 aliphatic carbocycles. The van der Waals surface area contributed by atoms with Crippen molar-refractivity contribution < 1.29 is 14.1 Å². The lowest BCUT2D eigenvalue weighted by Crippen LogP contribution is -2.35. The van der Waals surface area contributed by atoms with E-state index in [2.05, 4.69) is 22.3 Å². The van der Waals surface area contributed by atoms with E-state index >= 15 is 0 Å². The summed E-state index contributed by atoms with van der Waals surface area (Å²) in [6.07, 6.45) is 6.83. The van der Waals surface area contributed by atoms with Crippen LogP contribution in [-0.4, -0.2) is 76.5 Å². The number of amides is 1. The first kappa shape index (κ1) is 24.0. The van der Waals surface area contributed by atoms with Crippen LogP contribution < -0.4 is 10.2 Å². The van der Waals surface area contributed by atoms with Gasteiger partial charge in [0.2, 0.25) is 10.8 Å². The number of rotatable bonds is 6. The average Bonchev–Trinajstić information content (AvgIpc) is 3.71. The maximum atomic E-state index is 12.9. The van der Waals surface area contributed by atoms with Crippen molar-refractivity contribution in [1.29, 1.82) is 0 Å². The van der Waals surface area contributed by atoms with Crippen LogP contribution in [0.25, 0.3) is 0 Å². The Balaban J connectivity index is 1.15. The van der Waals surface area contributed by atoms with Gasteiger partial charge < -0.3 is 24.4 Å². The number of aryl methyl sites for hydroxylation is 1. The predicted octanol–water partition coefficient (Wildman–Crippen LogP) is 3.35. The Morgan fingerprint density at radius 1 is 1.14 bits per heavy atom. The highest BCUT2D eigenvalue weighted by Gasteiger charge is 2.35. The summed E-state index contributed by atoms with van der Waals surface area (Å²) in [5.74, 6) is 2.68. The molecule has 0 bridgehead atoms. The van der Waals surface area contributed by atoms with Gasteiger partial charge in [-0.15, -0.1) is 0 Å². The molecule has 8 nitrogen and oxygen atoms in total. The first-order chi connectivity index (χ1) is 17.6. The lowest BCUT2D eigenvalue weighted by Gasteiger charge is -2.33. The summed E-state index contributed by atoms with van der Waals surface area (Å²) in [4.78, 5) is 27.6. The van der Waals surface area contributed by atoms with E-state index in [1.54, 1.807) is 0 Å². The number of carbonyl (C=O) groups is 1. The summed E-state index contributed by atoms with van der Waals surface area (Å²) in [6.45, 7) is 3.23. The molecule has 192 valence electrons. The Kier molecular flexibility index (Phi) is 6.79. The van der Waals surface area contributed by atoms with E-state index in [0.717, 1.165) is 99.2 Å². The normalized spacial score (nSPS) is 22.9. The molecule has 1 saturated carbocycles. The lowest BCUT2D eigenvalue weighted by atomic mass is 9.88. The predicted molar refractivity (Wildman–Crippen MR) is 140 cm³/mol. The topological polar surface area (TPSA) is 93.7 Å². The second-order valence-electron chi connectivity index (χ2n) is 10.5. The fourth-order valence-corrected chi connectivity index (χ4v) is 6.94. The number of nitrogens with one attached hydrogen (secondary N) is 1. The third-order valence-electron chi connectivity index (χ3n) is 8.04. The van der Waals surface area contributed by atoms with Gasteiger partial charge in [0, 0.05) is 57.4 Å². The number of piperidine rings is 1. The molecule has 9 heteroatoms. The number of hydrogen-bond acceptors (Lipinski definition) is 7. The first-order valence-corrected chi connectivity index (χ1v) is 14.6. The molecule has 36 heavy (non-hydrogen) atoms. The van der Waals surface area contributed by atoms with Crippen molar-refractivity contribution >= 4 is 28.8 Å². The van der Waals surface area contributed by atoms with E-state index in [4.69, 9.17) is 14.7 Å². The number of fused-ring (bicyclic) bond motifs is 1. The number of hydrogen-bond donors (Lipinski definition) is 1. The standard InChI is InChI=1S/C27H35N5O3S/c1-31(22-5-6-22)26(33)20-4-2-3-19(17-20)18-7-12-32(13-8-18)27-29-23-11-16-36(34)24(23)25(30-27)28-21-9-14-35-15-10-21/h2-4,17-18,21-22H,5-16H2,1H3,(H,28,29,30). The first-order valence-electron chi connectivity index (χ1n) is 13.3. The minimum atomic E-state index is -1.03. The van der Waals surface area contributed by atoms with Gasteiger partial charge in [-0.2, -0.15) is 4.98 Å². The number of nitrogens with zero attached hydrogens (tertiary/aromatic N) is 4. The maximum absolute atomic E-state index is 12.9. The third-order valence-corrected chi connectivity index (χ3v) is 9.49. The summed E-state index contributed by atoms with van der Waals surface area (Å²) in [7, 11) is 1.92. The fourth-order valence-electron chi connectivity index (χ4n) is 5.63. The monoisotopic (exact) mass is 509 g/mol. The zero-order chi connectivity index (χ0) is 24.6. The molecular weight excluding hydrogens is 474 g/mol. The van der Waals surface area contributed by atoms with E-state index in [0.29, 0.717) is 23.8 Å². The quantitative estimate of drug-likeness (QED) is 0.597. The molecular formula is C27H35N5O3S. The van der Waals surface area contributed by atoms with Crippen molar-refractivity contribution in [2.45, 2.75) is 67.8 Å². The highest BCUT2D eigenvalue weighted by Crippen LogP contribution is 2.36. The van der Waals surface area contributed by atoms with Crippen molar-refractivity contribution in [3.8, 4) is 0 Å². The van der Waals surface area contributed by atoms with Gasteiger partial charge >= 0.3 is 0 Å². The van der Waals surface area contributed by atoms with Crippen molar-refractivity contribution in [3.05, 3.63) is 41.1 Å². The van der Waals surface area contributed by atoms with Crippen LogP contribution in [0.3, 0.4) is 0 Å². The SMILES string of the molecule is CN(C(=O)c1cccc(C2CCN(c3nc4c(c(NC5CCOCC5)n3)[S+]([O-])CC4)CC2)c1)C1CC1. The van der Waals surface area contributed by atoms with Gasteiger partial charge in [-0.1, -0.05) is 12.1 Å². The highest BCUT2D eigenvalue weighted by molar-refractivity contribution is 7.91. The van der Waals surface area contributed by atoms with Crippen LogP contribution in [0.15, 0.2) is 29.2 Å². The molecule has 1 N–H and O–H groups in total. The molecule has 1 aromatic heterocycles. The number of benzene rings is 1. The van der Waals surface area contributed by atoms with Crippen LogP contribution in [0, 0.1) is 0 Å². The lowest BCUT2D eigenvalue weighted by molar-refractivity contribution is 0.0785. The molecule has 0 radical (unpaired) electrons. The molecule has 3 aliphatic heterocycles. The molecule has 4 aliphatic rings. The second-order valence-corrected chi connectivity index (χ2v) is 12.0. The Labute approximate surface area is 216 Å². The van der Waals surface area contributed by atoms with Gasteiger partial charge in [0.05, 0.1) is 0 Å². The van der Waals surface area contributed by atoms with E-state index in [1.807, 2.05) is 24.1 Å². The molecule has 3 fully saturated rings. The summed E-state index contributed by atoms with van der Waals surface area (Å²) in [6, 6.07) is 8.93. The van der Waals surface area contributed by atoms with Gasteiger partial charge in [-0.25, -0.2) is 4.98 Å². The van der Waals surface area contributed by atoms with Crippen LogP contribution in [0.2, 0.25) is 0 Å². The van der Waals surface area contributed by atoms with E-state index in [1.165, 1.54) is 5.56 Å². The number of aromatic nitrogens is 2. The molecule has 2 saturated heterocycles. The maximum Gasteiger partial charge on any atom is 0.253 e. The highest BCUT2D eigenvalue weighted by atomic mass is 32.2. The van der Waals surface area contributed by atoms with Gasteiger partial charge in [0.25, 0.3) is 5.91 Å². The number of anilines is 2. The molecule has 1 aromatic carbocycles. The smallest absolute Gasteiger partial charge is 0.253 e. The van der Waals surface area contributed by atoms with Gasteiger partial charge in [0.1, 0.15) is 11.4 Å². The zero-order valence-electron chi connectivity index (χ0n) is 20.9. The number of carbonyl (C=O) groups excluding carboxylic acids is 1. The minimum Gasteiger partial charge on any atom is -0.611 e. The van der Waals surface area contributed by atoms with Crippen LogP contribution >= 0.6 is 0 Å². The largest absolute Gasteiger partial charge is 0.611 e. The Bertz CT molecular complexity index is 1110. The summed E-state index contributed by atoms with van der Waals surface area (Å²) >= 11 is -1.03. The van der Waals surface area contributed by atoms with Crippen molar-refractivity contribution in [2.75, 3.05) is 49.3 Å². The second kappa shape index (κ2) is 10.2. The van der Waals surface area contributed by atoms with E-state index in [-0.39, 0.29) is 5.91 Å². The van der Waals surface area contributed by atoms with Crippen LogP contribution in [0.4, 0.5) is 11.8 Å². The zero-order valence-corrected chi connectivity index (χ0v) is 21.8. The van der Waals surface area contributed by atoms with Crippen molar-refractivity contribution in [3.63, 3.8) is 0 Å². The molecule has 1 atom stereocenters. The van der Waals surface area contributed by atoms with Crippen LogP contribution in [0.1, 0.15) is 66.1 Å². The molecule has 6 rings (SSSR count). The summed E-state index contributed by atoms with van der Waals surface area (Å²) in [5.41, 5.74) is 2.97. The van der Waals surface area contributed by atoms with E-state index in [9.17, 15) is 9.35 Å². The number of ether oxygens (including phenoxy) is 1. The molecule has 1 amide bonds. The van der Waals surface area contributed by atoms with Gasteiger partial charge in [-0.3, -0.25) is 4.79 Å². The van der Waals surface area contributed by atoms with Crippen molar-refractivity contribution in [1.82, 2.24) is 14.9 Å². The third kappa shape index (κ3) is 4.93. The molecule has 4 heterocycles. The molecule has 2 aromatic rings. The van der Waals surface area contributed by atoms with Crippen LogP contribution in [-0.2, 0) is 22.3 Å². The van der Waals surface area contributed by atoms with Crippen LogP contribution in [0.5, 0.6) is 0 Å². The average molecular weight is 510 g/mol. The van der Waals surface area contributed by atoms with E-state index < -0.39 is 11.2 Å². The van der Waals surface area contributed by atoms with Crippen molar-refractivity contribution in [2.24, 2.45) is 0 Å². The molecule has 1 unspecified atom stereocenters. The minimum absolute atomic E-state index is 0.130.